The van der Waals surface area contributed by atoms with E-state index in [2.05, 4.69) is 149 Å². The number of para-hydroxylation sites is 4. The van der Waals surface area contributed by atoms with Crippen LogP contribution in [0.2, 0.25) is 0 Å². The van der Waals surface area contributed by atoms with Gasteiger partial charge in [-0.05, 0) is 95.3 Å². The molecule has 0 aliphatic carbocycles. The topological polar surface area (TPSA) is 17.4 Å². The van der Waals surface area contributed by atoms with Crippen molar-refractivity contribution in [1.82, 2.24) is 4.57 Å². The van der Waals surface area contributed by atoms with Crippen LogP contribution < -0.4 is 26.0 Å². The van der Waals surface area contributed by atoms with Crippen molar-refractivity contribution in [2.45, 2.75) is 29.4 Å². The lowest BCUT2D eigenvalue weighted by Gasteiger charge is -2.39. The van der Waals surface area contributed by atoms with E-state index < -0.39 is 0 Å². The predicted molar refractivity (Wildman–Crippen MR) is 205 cm³/mol. The predicted octanol–water partition coefficient (Wildman–Crippen LogP) is 10.3. The van der Waals surface area contributed by atoms with Gasteiger partial charge in [-0.1, -0.05) is 95.9 Å². The molecule has 8 aromatic rings. The van der Waals surface area contributed by atoms with Crippen molar-refractivity contribution >= 4 is 97.3 Å². The SMILES string of the molecule is c1ccc(-n2c3ccccc3c3ccc4c(c32)Oc2ccccc2N4c2cc3c4c(c2)Sc2cccc5c2B4c2c(cccc2S3)S5)cc1. The van der Waals surface area contributed by atoms with Crippen LogP contribution in [0.15, 0.2) is 169 Å². The van der Waals surface area contributed by atoms with Crippen molar-refractivity contribution in [1.29, 1.82) is 0 Å². The van der Waals surface area contributed by atoms with E-state index in [9.17, 15) is 0 Å². The van der Waals surface area contributed by atoms with E-state index in [1.807, 2.05) is 35.3 Å². The minimum absolute atomic E-state index is 0.269. The molecular weight excluding hydrogens is 655 g/mol. The third kappa shape index (κ3) is 3.60. The number of fused-ring (bicyclic) bond motifs is 6. The Bertz CT molecular complexity index is 2680. The summed E-state index contributed by atoms with van der Waals surface area (Å²) >= 11 is 5.78. The average molecular weight is 679 g/mol. The average Bonchev–Trinajstić information content (AvgIpc) is 3.49. The zero-order valence-electron chi connectivity index (χ0n) is 25.9. The number of hydrogen-bond acceptors (Lipinski definition) is 5. The standard InChI is InChI=1S/C42H23BN2OS3/c1-2-10-24(11-3-1)45-28-13-5-4-12-26(28)27-20-21-30-42(41(27)45)46-31-15-7-6-14-29(31)44(30)25-22-36-40-37(23-25)49-35-19-9-17-33-39(35)43(40)38-32(47-33)16-8-18-34(38)48-36/h1-23H. The molecule has 4 aliphatic rings. The Hall–Kier alpha value is -4.95. The number of benzene rings is 7. The van der Waals surface area contributed by atoms with Crippen molar-refractivity contribution in [2.24, 2.45) is 0 Å². The van der Waals surface area contributed by atoms with Crippen molar-refractivity contribution in [3.63, 3.8) is 0 Å². The molecule has 0 bridgehead atoms. The molecule has 5 heterocycles. The summed E-state index contributed by atoms with van der Waals surface area (Å²) in [5, 5.41) is 2.39. The number of anilines is 3. The maximum absolute atomic E-state index is 6.97. The summed E-state index contributed by atoms with van der Waals surface area (Å²) in [6.07, 6.45) is 0. The number of hydrogen-bond donors (Lipinski definition) is 0. The molecule has 1 aromatic heterocycles. The van der Waals surface area contributed by atoms with E-state index in [1.165, 1.54) is 62.1 Å². The van der Waals surface area contributed by atoms with Crippen LogP contribution in [0.25, 0.3) is 27.5 Å². The lowest BCUT2D eigenvalue weighted by molar-refractivity contribution is 0.481. The summed E-state index contributed by atoms with van der Waals surface area (Å²) in [5.74, 6) is 1.73. The van der Waals surface area contributed by atoms with Gasteiger partial charge in [-0.3, -0.25) is 0 Å². The van der Waals surface area contributed by atoms with Gasteiger partial charge in [0.1, 0.15) is 0 Å². The van der Waals surface area contributed by atoms with Gasteiger partial charge in [-0.25, -0.2) is 0 Å². The van der Waals surface area contributed by atoms with Crippen LogP contribution in [0, 0.1) is 0 Å². The van der Waals surface area contributed by atoms with Crippen molar-refractivity contribution in [2.75, 3.05) is 4.90 Å². The van der Waals surface area contributed by atoms with Crippen LogP contribution in [0.3, 0.4) is 0 Å². The third-order valence-electron chi connectivity index (χ3n) is 10.3. The van der Waals surface area contributed by atoms with E-state index in [0.29, 0.717) is 0 Å². The molecule has 7 heteroatoms. The second-order valence-electron chi connectivity index (χ2n) is 12.8. The van der Waals surface area contributed by atoms with Crippen molar-refractivity contribution in [3.8, 4) is 17.2 Å². The molecule has 228 valence electrons. The van der Waals surface area contributed by atoms with Crippen LogP contribution in [0.5, 0.6) is 11.5 Å². The minimum atomic E-state index is 0.269. The summed E-state index contributed by atoms with van der Waals surface area (Å²) in [6, 6.07) is 50.9. The highest BCUT2D eigenvalue weighted by atomic mass is 32.2. The van der Waals surface area contributed by atoms with Gasteiger partial charge in [0.05, 0.1) is 22.4 Å². The van der Waals surface area contributed by atoms with E-state index >= 15 is 0 Å². The Kier molecular flexibility index (Phi) is 5.40. The second kappa shape index (κ2) is 9.82. The summed E-state index contributed by atoms with van der Waals surface area (Å²) in [7, 11) is 0. The van der Waals surface area contributed by atoms with Crippen LogP contribution in [-0.4, -0.2) is 11.3 Å². The molecule has 3 nitrogen and oxygen atoms in total. The lowest BCUT2D eigenvalue weighted by Crippen LogP contribution is -2.60. The zero-order chi connectivity index (χ0) is 31.8. The lowest BCUT2D eigenvalue weighted by atomic mass is 9.36. The van der Waals surface area contributed by atoms with Crippen LogP contribution in [0.4, 0.5) is 17.1 Å². The molecule has 12 rings (SSSR count). The molecule has 49 heavy (non-hydrogen) atoms. The molecule has 0 spiro atoms. The Labute approximate surface area is 296 Å². The Morgan fingerprint density at radius 3 is 1.82 bits per heavy atom. The van der Waals surface area contributed by atoms with Crippen molar-refractivity contribution < 1.29 is 4.74 Å². The first-order chi connectivity index (χ1) is 24.3. The molecule has 0 radical (unpaired) electrons. The molecule has 4 aliphatic heterocycles. The highest BCUT2D eigenvalue weighted by molar-refractivity contribution is 8.02. The number of rotatable bonds is 2. The molecule has 0 fully saturated rings. The summed E-state index contributed by atoms with van der Waals surface area (Å²) in [6.45, 7) is 0.269. The molecule has 0 atom stereocenters. The van der Waals surface area contributed by atoms with E-state index in [1.54, 1.807) is 0 Å². The quantitative estimate of drug-likeness (QED) is 0.169. The van der Waals surface area contributed by atoms with Gasteiger partial charge >= 0.3 is 0 Å². The molecule has 0 unspecified atom stereocenters. The smallest absolute Gasteiger partial charge is 0.250 e. The maximum atomic E-state index is 6.97. The minimum Gasteiger partial charge on any atom is -0.451 e. The molecule has 0 saturated heterocycles. The van der Waals surface area contributed by atoms with Crippen LogP contribution in [-0.2, 0) is 0 Å². The first-order valence-corrected chi connectivity index (χ1v) is 18.9. The normalized spacial score (nSPS) is 14.4. The number of ether oxygens (including phenoxy) is 1. The molecule has 0 saturated carbocycles. The molecule has 0 amide bonds. The monoisotopic (exact) mass is 678 g/mol. The van der Waals surface area contributed by atoms with E-state index in [4.69, 9.17) is 4.74 Å². The molecule has 7 aromatic carbocycles. The zero-order valence-corrected chi connectivity index (χ0v) is 28.3. The summed E-state index contributed by atoms with van der Waals surface area (Å²) in [5.41, 5.74) is 11.0. The Morgan fingerprint density at radius 1 is 0.469 bits per heavy atom. The highest BCUT2D eigenvalue weighted by Gasteiger charge is 2.44. The van der Waals surface area contributed by atoms with Gasteiger partial charge in [-0.15, -0.1) is 0 Å². The van der Waals surface area contributed by atoms with Crippen molar-refractivity contribution in [3.05, 3.63) is 140 Å². The fourth-order valence-electron chi connectivity index (χ4n) is 8.32. The third-order valence-corrected chi connectivity index (χ3v) is 13.7. The van der Waals surface area contributed by atoms with Gasteiger partial charge in [-0.2, -0.15) is 0 Å². The fraction of sp³-hybridized carbons (Fsp3) is 0. The highest BCUT2D eigenvalue weighted by Crippen LogP contribution is 2.56. The van der Waals surface area contributed by atoms with Gasteiger partial charge in [0, 0.05) is 51.5 Å². The number of nitrogens with zero attached hydrogens (tertiary/aromatic N) is 2. The first-order valence-electron chi connectivity index (χ1n) is 16.5. The molecular formula is C42H23BN2OS3. The summed E-state index contributed by atoms with van der Waals surface area (Å²) in [4.78, 5) is 10.6. The Morgan fingerprint density at radius 2 is 1.08 bits per heavy atom. The van der Waals surface area contributed by atoms with Gasteiger partial charge in [0.15, 0.2) is 11.5 Å². The van der Waals surface area contributed by atoms with E-state index in [0.717, 1.165) is 39.8 Å². The van der Waals surface area contributed by atoms with Gasteiger partial charge < -0.3 is 14.2 Å². The van der Waals surface area contributed by atoms with Crippen LogP contribution in [0.1, 0.15) is 0 Å². The summed E-state index contributed by atoms with van der Waals surface area (Å²) < 4.78 is 9.33. The maximum Gasteiger partial charge on any atom is 0.250 e. The Balaban J connectivity index is 1.13. The van der Waals surface area contributed by atoms with Gasteiger partial charge in [0.2, 0.25) is 6.71 Å². The fourth-order valence-corrected chi connectivity index (χ4v) is 12.2. The largest absolute Gasteiger partial charge is 0.451 e. The first kappa shape index (κ1) is 26.9. The molecule has 0 N–H and O–H groups in total. The van der Waals surface area contributed by atoms with Crippen LogP contribution >= 0.6 is 35.3 Å². The van der Waals surface area contributed by atoms with Gasteiger partial charge in [0.25, 0.3) is 0 Å². The number of aromatic nitrogens is 1. The van der Waals surface area contributed by atoms with E-state index in [-0.39, 0.29) is 6.71 Å². The second-order valence-corrected chi connectivity index (χ2v) is 16.1.